The maximum absolute atomic E-state index is 13.2. The van der Waals surface area contributed by atoms with E-state index in [-0.39, 0.29) is 16.6 Å². The van der Waals surface area contributed by atoms with Crippen molar-refractivity contribution in [1.82, 2.24) is 9.78 Å². The summed E-state index contributed by atoms with van der Waals surface area (Å²) in [7, 11) is -3.49. The SMILES string of the molecule is C=CCS(=O)(=O)c1ccc(C)c(NC(=O)c2cc(C3CC3)nn2-c2ccccc2)c1. The molecule has 1 aliphatic carbocycles. The van der Waals surface area contributed by atoms with E-state index < -0.39 is 9.84 Å². The molecule has 0 unspecified atom stereocenters. The van der Waals surface area contributed by atoms with Crippen LogP contribution >= 0.6 is 0 Å². The number of para-hydroxylation sites is 1. The van der Waals surface area contributed by atoms with E-state index in [0.29, 0.717) is 17.3 Å². The first-order valence-electron chi connectivity index (χ1n) is 9.80. The lowest BCUT2D eigenvalue weighted by Crippen LogP contribution is -2.18. The van der Waals surface area contributed by atoms with Crippen LogP contribution in [0.25, 0.3) is 5.69 Å². The van der Waals surface area contributed by atoms with Crippen LogP contribution in [0.3, 0.4) is 0 Å². The molecule has 1 heterocycles. The molecular formula is C23H23N3O3S. The van der Waals surface area contributed by atoms with Crippen LogP contribution in [-0.4, -0.2) is 29.9 Å². The number of nitrogens with zero attached hydrogens (tertiary/aromatic N) is 2. The fourth-order valence-corrected chi connectivity index (χ4v) is 4.35. The predicted molar refractivity (Wildman–Crippen MR) is 117 cm³/mol. The number of hydrogen-bond donors (Lipinski definition) is 1. The second-order valence-electron chi connectivity index (χ2n) is 7.48. The van der Waals surface area contributed by atoms with E-state index in [4.69, 9.17) is 0 Å². The van der Waals surface area contributed by atoms with Gasteiger partial charge in [0.2, 0.25) is 0 Å². The maximum Gasteiger partial charge on any atom is 0.274 e. The molecule has 0 radical (unpaired) electrons. The van der Waals surface area contributed by atoms with Gasteiger partial charge in [-0.2, -0.15) is 5.10 Å². The van der Waals surface area contributed by atoms with Crippen LogP contribution in [0.15, 0.2) is 72.1 Å². The third-order valence-electron chi connectivity index (χ3n) is 5.11. The molecule has 0 aliphatic heterocycles. The fourth-order valence-electron chi connectivity index (χ4n) is 3.27. The zero-order chi connectivity index (χ0) is 21.3. The van der Waals surface area contributed by atoms with Crippen LogP contribution < -0.4 is 5.32 Å². The van der Waals surface area contributed by atoms with Gasteiger partial charge in [0.1, 0.15) is 5.69 Å². The van der Waals surface area contributed by atoms with Crippen LogP contribution in [-0.2, 0) is 9.84 Å². The normalized spacial score (nSPS) is 13.8. The average Bonchev–Trinajstić information content (AvgIpc) is 3.48. The smallest absolute Gasteiger partial charge is 0.274 e. The highest BCUT2D eigenvalue weighted by molar-refractivity contribution is 7.91. The molecule has 1 aliphatic rings. The molecular weight excluding hydrogens is 398 g/mol. The van der Waals surface area contributed by atoms with Gasteiger partial charge in [-0.3, -0.25) is 4.79 Å². The van der Waals surface area contributed by atoms with Crippen LogP contribution in [0.1, 0.15) is 40.5 Å². The number of aryl methyl sites for hydroxylation is 1. The summed E-state index contributed by atoms with van der Waals surface area (Å²) < 4.78 is 26.4. The minimum atomic E-state index is -3.49. The van der Waals surface area contributed by atoms with E-state index in [1.54, 1.807) is 16.8 Å². The Morgan fingerprint density at radius 1 is 1.20 bits per heavy atom. The Morgan fingerprint density at radius 2 is 1.93 bits per heavy atom. The second-order valence-corrected chi connectivity index (χ2v) is 9.51. The molecule has 1 amide bonds. The van der Waals surface area contributed by atoms with Crippen molar-refractivity contribution >= 4 is 21.4 Å². The first-order chi connectivity index (χ1) is 14.4. The Kier molecular flexibility index (Phi) is 5.30. The lowest BCUT2D eigenvalue weighted by molar-refractivity contribution is 0.101. The molecule has 1 N–H and O–H groups in total. The minimum absolute atomic E-state index is 0.151. The van der Waals surface area contributed by atoms with Crippen LogP contribution in [0, 0.1) is 6.92 Å². The molecule has 154 valence electrons. The summed E-state index contributed by atoms with van der Waals surface area (Å²) in [6, 6.07) is 16.1. The molecule has 4 rings (SSSR count). The molecule has 6 nitrogen and oxygen atoms in total. The van der Waals surface area contributed by atoms with Crippen LogP contribution in [0.2, 0.25) is 0 Å². The molecule has 1 aromatic heterocycles. The van der Waals surface area contributed by atoms with Gasteiger partial charge in [-0.05, 0) is 55.7 Å². The summed E-state index contributed by atoms with van der Waals surface area (Å²) in [4.78, 5) is 13.3. The van der Waals surface area contributed by atoms with Crippen molar-refractivity contribution in [2.45, 2.75) is 30.6 Å². The number of anilines is 1. The van der Waals surface area contributed by atoms with Gasteiger partial charge in [0.05, 0.1) is 22.0 Å². The van der Waals surface area contributed by atoms with Crippen molar-refractivity contribution < 1.29 is 13.2 Å². The Hall–Kier alpha value is -3.19. The second kappa shape index (κ2) is 7.91. The minimum Gasteiger partial charge on any atom is -0.320 e. The van der Waals surface area contributed by atoms with Gasteiger partial charge in [-0.1, -0.05) is 30.3 Å². The number of hydrogen-bond acceptors (Lipinski definition) is 4. The quantitative estimate of drug-likeness (QED) is 0.578. The topological polar surface area (TPSA) is 81.1 Å². The number of carbonyl (C=O) groups excluding carboxylic acids is 1. The molecule has 1 fully saturated rings. The van der Waals surface area contributed by atoms with Gasteiger partial charge >= 0.3 is 0 Å². The van der Waals surface area contributed by atoms with Gasteiger partial charge in [-0.25, -0.2) is 13.1 Å². The Morgan fingerprint density at radius 3 is 2.60 bits per heavy atom. The first-order valence-corrected chi connectivity index (χ1v) is 11.5. The molecule has 7 heteroatoms. The van der Waals surface area contributed by atoms with Crippen molar-refractivity contribution in [1.29, 1.82) is 0 Å². The molecule has 3 aromatic rings. The molecule has 1 saturated carbocycles. The summed E-state index contributed by atoms with van der Waals surface area (Å²) in [5.41, 5.74) is 3.35. The summed E-state index contributed by atoms with van der Waals surface area (Å²) in [5, 5.41) is 7.53. The Balaban J connectivity index is 1.69. The zero-order valence-electron chi connectivity index (χ0n) is 16.7. The number of carbonyl (C=O) groups is 1. The predicted octanol–water partition coefficient (Wildman–Crippen LogP) is 4.27. The van der Waals surface area contributed by atoms with Gasteiger partial charge in [-0.15, -0.1) is 6.58 Å². The lowest BCUT2D eigenvalue weighted by Gasteiger charge is -2.12. The summed E-state index contributed by atoms with van der Waals surface area (Å²) in [5.74, 6) is -0.0927. The Bertz CT molecular complexity index is 1210. The van der Waals surface area contributed by atoms with E-state index in [9.17, 15) is 13.2 Å². The van der Waals surface area contributed by atoms with E-state index in [2.05, 4.69) is 17.0 Å². The van der Waals surface area contributed by atoms with Gasteiger partial charge in [0.25, 0.3) is 5.91 Å². The number of sulfone groups is 1. The van der Waals surface area contributed by atoms with E-state index in [1.807, 2.05) is 43.3 Å². The van der Waals surface area contributed by atoms with Crippen molar-refractivity contribution in [3.05, 3.63) is 84.2 Å². The Labute approximate surface area is 176 Å². The third kappa shape index (κ3) is 4.07. The summed E-state index contributed by atoms with van der Waals surface area (Å²) >= 11 is 0. The number of benzene rings is 2. The number of nitrogens with one attached hydrogen (secondary N) is 1. The van der Waals surface area contributed by atoms with E-state index in [0.717, 1.165) is 29.8 Å². The fraction of sp³-hybridized carbons (Fsp3) is 0.217. The van der Waals surface area contributed by atoms with Crippen molar-refractivity contribution in [2.75, 3.05) is 11.1 Å². The highest BCUT2D eigenvalue weighted by Gasteiger charge is 2.29. The van der Waals surface area contributed by atoms with Gasteiger partial charge in [0, 0.05) is 11.6 Å². The number of aromatic nitrogens is 2. The van der Waals surface area contributed by atoms with Crippen molar-refractivity contribution in [2.24, 2.45) is 0 Å². The van der Waals surface area contributed by atoms with E-state index in [1.165, 1.54) is 12.1 Å². The summed E-state index contributed by atoms with van der Waals surface area (Å²) in [6.45, 7) is 5.32. The molecule has 0 saturated heterocycles. The number of rotatable bonds is 7. The van der Waals surface area contributed by atoms with Crippen LogP contribution in [0.5, 0.6) is 0 Å². The highest BCUT2D eigenvalue weighted by Crippen LogP contribution is 2.39. The molecule has 0 bridgehead atoms. The molecule has 0 atom stereocenters. The lowest BCUT2D eigenvalue weighted by atomic mass is 10.2. The largest absolute Gasteiger partial charge is 0.320 e. The summed E-state index contributed by atoms with van der Waals surface area (Å²) in [6.07, 6.45) is 3.51. The zero-order valence-corrected chi connectivity index (χ0v) is 17.5. The molecule has 2 aromatic carbocycles. The van der Waals surface area contributed by atoms with Crippen molar-refractivity contribution in [3.63, 3.8) is 0 Å². The van der Waals surface area contributed by atoms with Crippen LogP contribution in [0.4, 0.5) is 5.69 Å². The number of amides is 1. The van der Waals surface area contributed by atoms with Crippen molar-refractivity contribution in [3.8, 4) is 5.69 Å². The highest BCUT2D eigenvalue weighted by atomic mass is 32.2. The maximum atomic E-state index is 13.2. The average molecular weight is 422 g/mol. The van der Waals surface area contributed by atoms with Gasteiger partial charge < -0.3 is 5.32 Å². The molecule has 0 spiro atoms. The molecule has 30 heavy (non-hydrogen) atoms. The first kappa shape index (κ1) is 20.1. The van der Waals surface area contributed by atoms with E-state index >= 15 is 0 Å². The standard InChI is InChI=1S/C23H23N3O3S/c1-3-13-30(28,29)19-12-9-16(2)20(14-19)24-23(27)22-15-21(17-10-11-17)25-26(22)18-7-5-4-6-8-18/h3-9,12,14-15,17H,1,10-11,13H2,2H3,(H,24,27). The third-order valence-corrected chi connectivity index (χ3v) is 6.76. The monoisotopic (exact) mass is 421 g/mol. The van der Waals surface area contributed by atoms with Gasteiger partial charge in [0.15, 0.2) is 9.84 Å².